The lowest BCUT2D eigenvalue weighted by atomic mass is 10.2. The zero-order valence-electron chi connectivity index (χ0n) is 11.9. The Morgan fingerprint density at radius 2 is 2.10 bits per heavy atom. The maximum atomic E-state index is 4.65. The number of aromatic nitrogens is 3. The van der Waals surface area contributed by atoms with E-state index in [0.29, 0.717) is 6.04 Å². The summed E-state index contributed by atoms with van der Waals surface area (Å²) in [5.41, 5.74) is 3.40. The zero-order chi connectivity index (χ0) is 14.1. The average molecular weight is 286 g/mol. The van der Waals surface area contributed by atoms with E-state index in [2.05, 4.69) is 42.2 Å². The molecule has 2 heterocycles. The van der Waals surface area contributed by atoms with Crippen molar-refractivity contribution in [3.05, 3.63) is 41.7 Å². The highest BCUT2D eigenvalue weighted by molar-refractivity contribution is 7.20. The Hall–Kier alpha value is -1.72. The molecule has 3 aromatic rings. The van der Waals surface area contributed by atoms with Crippen molar-refractivity contribution in [3.63, 3.8) is 0 Å². The predicted molar refractivity (Wildman–Crippen MR) is 83.5 cm³/mol. The van der Waals surface area contributed by atoms with Gasteiger partial charge in [-0.2, -0.15) is 5.10 Å². The van der Waals surface area contributed by atoms with Crippen molar-refractivity contribution in [2.24, 2.45) is 0 Å². The molecule has 0 radical (unpaired) electrons. The third-order valence-electron chi connectivity index (χ3n) is 3.28. The zero-order valence-corrected chi connectivity index (χ0v) is 12.7. The van der Waals surface area contributed by atoms with Crippen molar-refractivity contribution in [2.45, 2.75) is 33.4 Å². The normalized spacial score (nSPS) is 11.6. The Kier molecular flexibility index (Phi) is 3.54. The fourth-order valence-electron chi connectivity index (χ4n) is 2.07. The van der Waals surface area contributed by atoms with Crippen LogP contribution >= 0.6 is 11.3 Å². The van der Waals surface area contributed by atoms with E-state index in [0.717, 1.165) is 22.9 Å². The van der Waals surface area contributed by atoms with Crippen molar-refractivity contribution in [3.8, 4) is 5.13 Å². The van der Waals surface area contributed by atoms with Crippen molar-refractivity contribution in [1.82, 2.24) is 20.1 Å². The highest BCUT2D eigenvalue weighted by atomic mass is 32.1. The summed E-state index contributed by atoms with van der Waals surface area (Å²) in [7, 11) is 0. The molecule has 1 aromatic carbocycles. The van der Waals surface area contributed by atoms with Gasteiger partial charge >= 0.3 is 0 Å². The first-order valence-corrected chi connectivity index (χ1v) is 7.59. The largest absolute Gasteiger partial charge is 0.310 e. The number of thiazole rings is 1. The maximum Gasteiger partial charge on any atom is 0.211 e. The molecule has 20 heavy (non-hydrogen) atoms. The van der Waals surface area contributed by atoms with E-state index in [1.54, 1.807) is 11.3 Å². The number of nitrogens with one attached hydrogen (secondary N) is 1. The number of rotatable bonds is 4. The summed E-state index contributed by atoms with van der Waals surface area (Å²) in [5, 5.41) is 8.84. The smallest absolute Gasteiger partial charge is 0.211 e. The van der Waals surface area contributed by atoms with Gasteiger partial charge in [-0.05, 0) is 19.1 Å². The van der Waals surface area contributed by atoms with E-state index in [1.165, 1.54) is 10.3 Å². The number of nitrogens with zero attached hydrogens (tertiary/aromatic N) is 3. The van der Waals surface area contributed by atoms with Gasteiger partial charge in [0.15, 0.2) is 0 Å². The lowest BCUT2D eigenvalue weighted by Crippen LogP contribution is -2.22. The molecule has 0 aliphatic heterocycles. The van der Waals surface area contributed by atoms with Crippen molar-refractivity contribution in [2.75, 3.05) is 0 Å². The van der Waals surface area contributed by atoms with Gasteiger partial charge in [0.1, 0.15) is 0 Å². The van der Waals surface area contributed by atoms with Gasteiger partial charge in [-0.15, -0.1) is 0 Å². The Balaban J connectivity index is 1.94. The van der Waals surface area contributed by atoms with E-state index in [4.69, 9.17) is 0 Å². The monoisotopic (exact) mass is 286 g/mol. The predicted octanol–water partition coefficient (Wildman–Crippen LogP) is 3.29. The molecule has 5 heteroatoms. The highest BCUT2D eigenvalue weighted by Crippen LogP contribution is 2.25. The molecule has 0 saturated heterocycles. The van der Waals surface area contributed by atoms with Crippen LogP contribution < -0.4 is 5.32 Å². The number of hydrogen-bond donors (Lipinski definition) is 1. The van der Waals surface area contributed by atoms with Gasteiger partial charge in [0.2, 0.25) is 5.13 Å². The molecule has 0 atom stereocenters. The van der Waals surface area contributed by atoms with Gasteiger partial charge in [0, 0.05) is 23.8 Å². The van der Waals surface area contributed by atoms with E-state index in [1.807, 2.05) is 29.1 Å². The van der Waals surface area contributed by atoms with Crippen LogP contribution in [0.15, 0.2) is 30.5 Å². The van der Waals surface area contributed by atoms with E-state index in [9.17, 15) is 0 Å². The van der Waals surface area contributed by atoms with Gasteiger partial charge in [-0.3, -0.25) is 0 Å². The number of para-hydroxylation sites is 1. The molecule has 0 fully saturated rings. The molecular formula is C15H18N4S. The van der Waals surface area contributed by atoms with Gasteiger partial charge in [0.25, 0.3) is 0 Å². The minimum atomic E-state index is 0.472. The highest BCUT2D eigenvalue weighted by Gasteiger charge is 2.12. The molecule has 0 saturated carbocycles. The molecular weight excluding hydrogens is 268 g/mol. The first-order valence-electron chi connectivity index (χ1n) is 6.78. The van der Waals surface area contributed by atoms with Crippen LogP contribution in [0.3, 0.4) is 0 Å². The van der Waals surface area contributed by atoms with Crippen LogP contribution in [0.2, 0.25) is 0 Å². The molecule has 0 bridgehead atoms. The Labute approximate surface area is 122 Å². The van der Waals surface area contributed by atoms with Crippen LogP contribution in [0.5, 0.6) is 0 Å². The molecule has 3 rings (SSSR count). The standard InChI is InChI=1S/C15H18N4S/c1-10(2)16-8-12-9-17-19(11(12)3)15-18-13-6-4-5-7-14(13)20-15/h4-7,9-10,16H,8H2,1-3H3. The summed E-state index contributed by atoms with van der Waals surface area (Å²) in [4.78, 5) is 4.65. The first-order chi connectivity index (χ1) is 9.65. The lowest BCUT2D eigenvalue weighted by Gasteiger charge is -2.07. The quantitative estimate of drug-likeness (QED) is 0.800. The second-order valence-electron chi connectivity index (χ2n) is 5.17. The van der Waals surface area contributed by atoms with Crippen LogP contribution in [-0.4, -0.2) is 20.8 Å². The van der Waals surface area contributed by atoms with E-state index in [-0.39, 0.29) is 0 Å². The molecule has 0 aliphatic carbocycles. The fourth-order valence-corrected chi connectivity index (χ4v) is 3.05. The fraction of sp³-hybridized carbons (Fsp3) is 0.333. The van der Waals surface area contributed by atoms with Gasteiger partial charge in [-0.1, -0.05) is 37.3 Å². The van der Waals surface area contributed by atoms with Crippen molar-refractivity contribution < 1.29 is 0 Å². The Morgan fingerprint density at radius 3 is 2.85 bits per heavy atom. The summed E-state index contributed by atoms with van der Waals surface area (Å²) >= 11 is 1.67. The summed E-state index contributed by atoms with van der Waals surface area (Å²) in [6.45, 7) is 7.23. The molecule has 4 nitrogen and oxygen atoms in total. The second kappa shape index (κ2) is 5.34. The third-order valence-corrected chi connectivity index (χ3v) is 4.29. The minimum Gasteiger partial charge on any atom is -0.310 e. The lowest BCUT2D eigenvalue weighted by molar-refractivity contribution is 0.587. The summed E-state index contributed by atoms with van der Waals surface area (Å²) < 4.78 is 3.13. The third kappa shape index (κ3) is 2.46. The molecule has 0 spiro atoms. The van der Waals surface area contributed by atoms with Crippen LogP contribution in [0.4, 0.5) is 0 Å². The number of benzene rings is 1. The molecule has 0 amide bonds. The summed E-state index contributed by atoms with van der Waals surface area (Å²) in [6.07, 6.45) is 1.93. The molecule has 0 unspecified atom stereocenters. The Morgan fingerprint density at radius 1 is 1.30 bits per heavy atom. The van der Waals surface area contributed by atoms with Crippen molar-refractivity contribution in [1.29, 1.82) is 0 Å². The molecule has 104 valence electrons. The van der Waals surface area contributed by atoms with Gasteiger partial charge in [-0.25, -0.2) is 9.67 Å². The maximum absolute atomic E-state index is 4.65. The number of fused-ring (bicyclic) bond motifs is 1. The van der Waals surface area contributed by atoms with E-state index < -0.39 is 0 Å². The van der Waals surface area contributed by atoms with Crippen LogP contribution in [-0.2, 0) is 6.54 Å². The van der Waals surface area contributed by atoms with Crippen LogP contribution in [0.1, 0.15) is 25.1 Å². The SMILES string of the molecule is Cc1c(CNC(C)C)cnn1-c1nc2ccccc2s1. The average Bonchev–Trinajstić information content (AvgIpc) is 2.99. The van der Waals surface area contributed by atoms with Crippen molar-refractivity contribution >= 4 is 21.6 Å². The van der Waals surface area contributed by atoms with Gasteiger partial charge < -0.3 is 5.32 Å². The first kappa shape index (κ1) is 13.3. The number of hydrogen-bond acceptors (Lipinski definition) is 4. The van der Waals surface area contributed by atoms with E-state index >= 15 is 0 Å². The van der Waals surface area contributed by atoms with Gasteiger partial charge in [0.05, 0.1) is 16.4 Å². The Bertz CT molecular complexity index is 693. The summed E-state index contributed by atoms with van der Waals surface area (Å²) in [6, 6.07) is 8.66. The molecule has 2 aromatic heterocycles. The van der Waals surface area contributed by atoms with Crippen LogP contribution in [0.25, 0.3) is 15.3 Å². The topological polar surface area (TPSA) is 42.7 Å². The summed E-state index contributed by atoms with van der Waals surface area (Å²) in [5.74, 6) is 0. The molecule has 0 aliphatic rings. The minimum absolute atomic E-state index is 0.472. The second-order valence-corrected chi connectivity index (χ2v) is 6.18. The van der Waals surface area contributed by atoms with Crippen LogP contribution in [0, 0.1) is 6.92 Å². The molecule has 1 N–H and O–H groups in total.